The molecule has 32 heavy (non-hydrogen) atoms. The molecule has 160 valence electrons. The van der Waals surface area contributed by atoms with Crippen LogP contribution in [0.5, 0.6) is 11.5 Å². The van der Waals surface area contributed by atoms with Crippen LogP contribution in [0.1, 0.15) is 11.3 Å². The van der Waals surface area contributed by atoms with Gasteiger partial charge in [0, 0.05) is 21.9 Å². The molecule has 0 saturated carbocycles. The van der Waals surface area contributed by atoms with Gasteiger partial charge in [0.25, 0.3) is 0 Å². The molecule has 0 aliphatic carbocycles. The molecule has 0 saturated heterocycles. The lowest BCUT2D eigenvalue weighted by molar-refractivity contribution is -0.115. The SMILES string of the molecule is COc1ccc(-c2nc(CC(=O)Nc3nc(-c4ccc(C#N)cc4)cs3)cs2)cc1OC. The Bertz CT molecular complexity index is 1290. The fraction of sp³-hybridized carbons (Fsp3) is 0.130. The molecule has 0 bridgehead atoms. The van der Waals surface area contributed by atoms with E-state index >= 15 is 0 Å². The molecule has 0 unspecified atom stereocenters. The molecular formula is C23H18N4O3S2. The number of anilines is 1. The zero-order valence-corrected chi connectivity index (χ0v) is 18.9. The van der Waals surface area contributed by atoms with Crippen LogP contribution < -0.4 is 14.8 Å². The second-order valence-electron chi connectivity index (χ2n) is 6.67. The standard InChI is InChI=1S/C23H18N4O3S2/c1-29-19-8-7-16(9-20(19)30-2)22-25-17(12-31-22)10-21(28)27-23-26-18(13-32-23)15-5-3-14(11-24)4-6-15/h3-9,12-13H,10H2,1-2H3,(H,26,27,28). The fourth-order valence-corrected chi connectivity index (χ4v) is 4.55. The summed E-state index contributed by atoms with van der Waals surface area (Å²) >= 11 is 2.82. The number of rotatable bonds is 7. The summed E-state index contributed by atoms with van der Waals surface area (Å²) in [6.45, 7) is 0. The summed E-state index contributed by atoms with van der Waals surface area (Å²) in [7, 11) is 3.18. The van der Waals surface area contributed by atoms with E-state index in [-0.39, 0.29) is 12.3 Å². The van der Waals surface area contributed by atoms with Crippen molar-refractivity contribution < 1.29 is 14.3 Å². The maximum atomic E-state index is 12.5. The predicted molar refractivity (Wildman–Crippen MR) is 125 cm³/mol. The summed E-state index contributed by atoms with van der Waals surface area (Å²) in [4.78, 5) is 21.5. The number of nitrogens with zero attached hydrogens (tertiary/aromatic N) is 3. The highest BCUT2D eigenvalue weighted by molar-refractivity contribution is 7.14. The average Bonchev–Trinajstić information content (AvgIpc) is 3.48. The molecule has 7 nitrogen and oxygen atoms in total. The average molecular weight is 463 g/mol. The van der Waals surface area contributed by atoms with Gasteiger partial charge in [-0.2, -0.15) is 5.26 Å². The quantitative estimate of drug-likeness (QED) is 0.415. The molecule has 0 atom stereocenters. The summed E-state index contributed by atoms with van der Waals surface area (Å²) in [5, 5.41) is 16.8. The van der Waals surface area contributed by atoms with Crippen molar-refractivity contribution in [3.05, 3.63) is 64.5 Å². The highest BCUT2D eigenvalue weighted by atomic mass is 32.1. The van der Waals surface area contributed by atoms with E-state index in [4.69, 9.17) is 14.7 Å². The number of hydrogen-bond acceptors (Lipinski definition) is 8. The van der Waals surface area contributed by atoms with Crippen molar-refractivity contribution in [1.29, 1.82) is 5.26 Å². The van der Waals surface area contributed by atoms with Crippen LogP contribution in [0.15, 0.2) is 53.2 Å². The molecule has 1 N–H and O–H groups in total. The Morgan fingerprint density at radius 1 is 1.00 bits per heavy atom. The van der Waals surface area contributed by atoms with Gasteiger partial charge in [-0.05, 0) is 30.3 Å². The number of benzene rings is 2. The fourth-order valence-electron chi connectivity index (χ4n) is 3.00. The molecule has 2 heterocycles. The number of hydrogen-bond donors (Lipinski definition) is 1. The van der Waals surface area contributed by atoms with E-state index in [0.717, 1.165) is 21.8 Å². The van der Waals surface area contributed by atoms with Gasteiger partial charge in [-0.1, -0.05) is 12.1 Å². The van der Waals surface area contributed by atoms with Gasteiger partial charge in [0.15, 0.2) is 16.6 Å². The second kappa shape index (κ2) is 9.60. The third kappa shape index (κ3) is 4.77. The zero-order valence-electron chi connectivity index (χ0n) is 17.3. The van der Waals surface area contributed by atoms with Crippen molar-refractivity contribution in [2.24, 2.45) is 0 Å². The number of nitrogens with one attached hydrogen (secondary N) is 1. The summed E-state index contributed by atoms with van der Waals surface area (Å²) in [6, 6.07) is 14.8. The Morgan fingerprint density at radius 2 is 1.75 bits per heavy atom. The number of ether oxygens (including phenoxy) is 2. The van der Waals surface area contributed by atoms with Gasteiger partial charge in [0.2, 0.25) is 5.91 Å². The van der Waals surface area contributed by atoms with E-state index in [1.165, 1.54) is 22.7 Å². The van der Waals surface area contributed by atoms with Crippen LogP contribution in [0, 0.1) is 11.3 Å². The minimum atomic E-state index is -0.185. The summed E-state index contributed by atoms with van der Waals surface area (Å²) < 4.78 is 10.6. The Balaban J connectivity index is 1.41. The summed E-state index contributed by atoms with van der Waals surface area (Å²) in [5.74, 6) is 1.09. The zero-order chi connectivity index (χ0) is 22.5. The van der Waals surface area contributed by atoms with E-state index in [1.54, 1.807) is 26.4 Å². The van der Waals surface area contributed by atoms with Crippen molar-refractivity contribution in [2.75, 3.05) is 19.5 Å². The van der Waals surface area contributed by atoms with E-state index < -0.39 is 0 Å². The lowest BCUT2D eigenvalue weighted by Crippen LogP contribution is -2.14. The molecule has 0 spiro atoms. The van der Waals surface area contributed by atoms with Crippen molar-refractivity contribution >= 4 is 33.7 Å². The lowest BCUT2D eigenvalue weighted by Gasteiger charge is -2.08. The van der Waals surface area contributed by atoms with Crippen LogP contribution in [0.25, 0.3) is 21.8 Å². The Hall–Kier alpha value is -3.74. The highest BCUT2D eigenvalue weighted by Gasteiger charge is 2.13. The van der Waals surface area contributed by atoms with Gasteiger partial charge in [-0.3, -0.25) is 4.79 Å². The first-order chi connectivity index (χ1) is 15.6. The normalized spacial score (nSPS) is 10.4. The minimum Gasteiger partial charge on any atom is -0.493 e. The first-order valence-electron chi connectivity index (χ1n) is 9.52. The van der Waals surface area contributed by atoms with E-state index in [9.17, 15) is 4.79 Å². The van der Waals surface area contributed by atoms with Gasteiger partial charge in [0.1, 0.15) is 5.01 Å². The molecule has 2 aromatic heterocycles. The van der Waals surface area contributed by atoms with Gasteiger partial charge < -0.3 is 14.8 Å². The van der Waals surface area contributed by atoms with Crippen LogP contribution in [0.4, 0.5) is 5.13 Å². The lowest BCUT2D eigenvalue weighted by atomic mass is 10.1. The maximum Gasteiger partial charge on any atom is 0.232 e. The monoisotopic (exact) mass is 462 g/mol. The topological polar surface area (TPSA) is 97.1 Å². The number of nitriles is 1. The smallest absolute Gasteiger partial charge is 0.232 e. The predicted octanol–water partition coefficient (Wildman–Crippen LogP) is 5.00. The molecule has 4 rings (SSSR count). The Labute approximate surface area is 192 Å². The maximum absolute atomic E-state index is 12.5. The van der Waals surface area contributed by atoms with Crippen molar-refractivity contribution in [1.82, 2.24) is 9.97 Å². The molecule has 0 fully saturated rings. The van der Waals surface area contributed by atoms with Crippen molar-refractivity contribution in [3.8, 4) is 39.4 Å². The molecule has 1 amide bonds. The first kappa shape index (κ1) is 21.5. The summed E-state index contributed by atoms with van der Waals surface area (Å²) in [6.07, 6.45) is 0.148. The second-order valence-corrected chi connectivity index (χ2v) is 8.38. The minimum absolute atomic E-state index is 0.148. The molecule has 4 aromatic rings. The number of carbonyl (C=O) groups is 1. The number of thiazole rings is 2. The van der Waals surface area contributed by atoms with Gasteiger partial charge in [0.05, 0.1) is 43.7 Å². The van der Waals surface area contributed by atoms with Crippen molar-refractivity contribution in [3.63, 3.8) is 0 Å². The van der Waals surface area contributed by atoms with Crippen LogP contribution in [0.3, 0.4) is 0 Å². The molecule has 0 radical (unpaired) electrons. The molecule has 2 aromatic carbocycles. The first-order valence-corrected chi connectivity index (χ1v) is 11.3. The largest absolute Gasteiger partial charge is 0.493 e. The van der Waals surface area contributed by atoms with E-state index in [2.05, 4.69) is 21.4 Å². The molecule has 9 heteroatoms. The van der Waals surface area contributed by atoms with Gasteiger partial charge in [-0.15, -0.1) is 22.7 Å². The van der Waals surface area contributed by atoms with Crippen LogP contribution in [-0.4, -0.2) is 30.1 Å². The van der Waals surface area contributed by atoms with E-state index in [1.807, 2.05) is 41.1 Å². The third-order valence-electron chi connectivity index (χ3n) is 4.58. The number of carbonyl (C=O) groups excluding carboxylic acids is 1. The number of methoxy groups -OCH3 is 2. The van der Waals surface area contributed by atoms with Crippen LogP contribution in [-0.2, 0) is 11.2 Å². The third-order valence-corrected chi connectivity index (χ3v) is 6.28. The molecular weight excluding hydrogens is 444 g/mol. The Kier molecular flexibility index (Phi) is 6.44. The Morgan fingerprint density at radius 3 is 2.47 bits per heavy atom. The number of amides is 1. The summed E-state index contributed by atoms with van der Waals surface area (Å²) in [5.41, 5.74) is 3.81. The number of aromatic nitrogens is 2. The highest BCUT2D eigenvalue weighted by Crippen LogP contribution is 2.33. The van der Waals surface area contributed by atoms with Gasteiger partial charge >= 0.3 is 0 Å². The van der Waals surface area contributed by atoms with Crippen LogP contribution >= 0.6 is 22.7 Å². The molecule has 0 aliphatic rings. The van der Waals surface area contributed by atoms with Crippen LogP contribution in [0.2, 0.25) is 0 Å². The van der Waals surface area contributed by atoms with E-state index in [0.29, 0.717) is 27.9 Å². The van der Waals surface area contributed by atoms with Crippen molar-refractivity contribution in [2.45, 2.75) is 6.42 Å². The van der Waals surface area contributed by atoms with Gasteiger partial charge in [-0.25, -0.2) is 9.97 Å². The molecule has 0 aliphatic heterocycles.